The average molecular weight is 449 g/mol. The van der Waals surface area contributed by atoms with E-state index < -0.39 is 0 Å². The number of benzene rings is 1. The van der Waals surface area contributed by atoms with Crippen molar-refractivity contribution in [2.45, 2.75) is 63.9 Å². The van der Waals surface area contributed by atoms with Crippen LogP contribution in [0, 0.1) is 6.92 Å². The molecule has 2 aromatic rings. The number of nitrogens with zero attached hydrogens (tertiary/aromatic N) is 4. The predicted molar refractivity (Wildman–Crippen MR) is 125 cm³/mol. The molecule has 7 nitrogen and oxygen atoms in total. The van der Waals surface area contributed by atoms with Crippen LogP contribution in [0.4, 0.5) is 5.82 Å². The van der Waals surface area contributed by atoms with Crippen LogP contribution in [0.3, 0.4) is 0 Å². The number of carbonyl (C=O) groups excluding carboxylic acids is 2. The fourth-order valence-electron chi connectivity index (χ4n) is 5.23. The highest BCUT2D eigenvalue weighted by Gasteiger charge is 2.35. The van der Waals surface area contributed by atoms with Crippen molar-refractivity contribution in [3.63, 3.8) is 0 Å². The number of likely N-dealkylation sites (tertiary alicyclic amines) is 1. The first kappa shape index (κ1) is 22.0. The van der Waals surface area contributed by atoms with Crippen LogP contribution in [0.5, 0.6) is 0 Å². The van der Waals surface area contributed by atoms with Crippen LogP contribution >= 0.6 is 0 Å². The minimum absolute atomic E-state index is 0.115. The highest BCUT2D eigenvalue weighted by molar-refractivity contribution is 6.00. The van der Waals surface area contributed by atoms with Crippen molar-refractivity contribution < 1.29 is 14.3 Å². The van der Waals surface area contributed by atoms with Crippen molar-refractivity contribution >= 4 is 17.6 Å². The van der Waals surface area contributed by atoms with Crippen LogP contribution in [-0.2, 0) is 27.2 Å². The first-order valence-corrected chi connectivity index (χ1v) is 12.2. The Bertz CT molecular complexity index is 1010. The van der Waals surface area contributed by atoms with Crippen LogP contribution in [0.1, 0.15) is 60.7 Å². The molecule has 2 fully saturated rings. The largest absolute Gasteiger partial charge is 0.368 e. The maximum atomic E-state index is 12.8. The van der Waals surface area contributed by atoms with Gasteiger partial charge < -0.3 is 9.64 Å². The van der Waals surface area contributed by atoms with Crippen molar-refractivity contribution in [2.24, 2.45) is 0 Å². The van der Waals surface area contributed by atoms with Gasteiger partial charge in [-0.05, 0) is 51.0 Å². The van der Waals surface area contributed by atoms with Crippen LogP contribution in [0.25, 0.3) is 0 Å². The van der Waals surface area contributed by atoms with Gasteiger partial charge in [0.15, 0.2) is 0 Å². The topological polar surface area (TPSA) is 75.6 Å². The second-order valence-electron chi connectivity index (χ2n) is 9.38. The van der Waals surface area contributed by atoms with Crippen LogP contribution in [0.15, 0.2) is 30.3 Å². The molecule has 0 bridgehead atoms. The van der Waals surface area contributed by atoms with E-state index in [1.54, 1.807) is 0 Å². The summed E-state index contributed by atoms with van der Waals surface area (Å²) in [5.41, 5.74) is 3.16. The van der Waals surface area contributed by atoms with Gasteiger partial charge in [0.05, 0.1) is 6.42 Å². The lowest BCUT2D eigenvalue weighted by Gasteiger charge is -2.33. The van der Waals surface area contributed by atoms with Crippen LogP contribution < -0.4 is 4.90 Å². The fourth-order valence-corrected chi connectivity index (χ4v) is 5.23. The normalized spacial score (nSPS) is 21.0. The third kappa shape index (κ3) is 4.64. The number of aryl methyl sites for hydroxylation is 2. The Morgan fingerprint density at radius 3 is 2.64 bits per heavy atom. The third-order valence-corrected chi connectivity index (χ3v) is 7.16. The van der Waals surface area contributed by atoms with E-state index >= 15 is 0 Å². The highest BCUT2D eigenvalue weighted by Crippen LogP contribution is 2.33. The van der Waals surface area contributed by atoms with Gasteiger partial charge in [-0.1, -0.05) is 30.3 Å². The van der Waals surface area contributed by atoms with Gasteiger partial charge in [0.2, 0.25) is 5.91 Å². The van der Waals surface area contributed by atoms with Crippen molar-refractivity contribution in [1.82, 2.24) is 14.9 Å². The Hall–Kier alpha value is -2.80. The number of ether oxygens (including phenoxy) is 1. The molecular weight excluding hydrogens is 416 g/mol. The van der Waals surface area contributed by atoms with Gasteiger partial charge in [-0.15, -0.1) is 0 Å². The van der Waals surface area contributed by atoms with Gasteiger partial charge in [-0.2, -0.15) is 0 Å². The number of hydrogen-bond acceptors (Lipinski definition) is 5. The van der Waals surface area contributed by atoms with E-state index in [-0.39, 0.29) is 23.8 Å². The summed E-state index contributed by atoms with van der Waals surface area (Å²) in [5.74, 6) is 2.08. The van der Waals surface area contributed by atoms with Gasteiger partial charge in [0.1, 0.15) is 17.7 Å². The number of aromatic nitrogens is 2. The van der Waals surface area contributed by atoms with E-state index in [0.29, 0.717) is 32.7 Å². The molecule has 3 aliphatic rings. The summed E-state index contributed by atoms with van der Waals surface area (Å²) in [7, 11) is 0. The Morgan fingerprint density at radius 1 is 1.12 bits per heavy atom. The van der Waals surface area contributed by atoms with Crippen molar-refractivity contribution in [3.05, 3.63) is 53.0 Å². The molecule has 1 aromatic heterocycles. The zero-order valence-electron chi connectivity index (χ0n) is 19.3. The van der Waals surface area contributed by atoms with Gasteiger partial charge in [0.25, 0.3) is 5.91 Å². The van der Waals surface area contributed by atoms with E-state index in [2.05, 4.69) is 12.1 Å². The second-order valence-corrected chi connectivity index (χ2v) is 9.38. The Morgan fingerprint density at radius 2 is 1.91 bits per heavy atom. The van der Waals surface area contributed by atoms with Gasteiger partial charge >= 0.3 is 0 Å². The minimum Gasteiger partial charge on any atom is -0.368 e. The molecule has 0 radical (unpaired) electrons. The number of anilines is 1. The summed E-state index contributed by atoms with van der Waals surface area (Å²) < 4.78 is 5.57. The number of rotatable bonds is 6. The quantitative estimate of drug-likeness (QED) is 0.678. The summed E-state index contributed by atoms with van der Waals surface area (Å²) in [6.07, 6.45) is 5.47. The molecule has 174 valence electrons. The summed E-state index contributed by atoms with van der Waals surface area (Å²) >= 11 is 0. The standard InChI is InChI=1S/C26H32N4O3/c1-18-21-17-23(31)30(13-5-9-19-7-3-2-4-8-19)25(21)28-24(27-18)20-11-14-29(15-12-20)26(32)22-10-6-16-33-22/h2-4,7-8,20,22H,5-6,9-17H2,1H3/t22-/m0/s1. The number of fused-ring (bicyclic) bond motifs is 1. The highest BCUT2D eigenvalue weighted by atomic mass is 16.5. The lowest BCUT2D eigenvalue weighted by molar-refractivity contribution is -0.142. The Labute approximate surface area is 195 Å². The zero-order chi connectivity index (χ0) is 22.8. The van der Waals surface area contributed by atoms with E-state index in [4.69, 9.17) is 14.7 Å². The maximum absolute atomic E-state index is 12.8. The van der Waals surface area contributed by atoms with E-state index in [1.807, 2.05) is 34.9 Å². The summed E-state index contributed by atoms with van der Waals surface area (Å²) in [5, 5.41) is 0. The summed E-state index contributed by atoms with van der Waals surface area (Å²) in [4.78, 5) is 38.9. The molecule has 1 aromatic carbocycles. The number of hydrogen-bond donors (Lipinski definition) is 0. The molecule has 0 N–H and O–H groups in total. The number of carbonyl (C=O) groups is 2. The maximum Gasteiger partial charge on any atom is 0.251 e. The predicted octanol–water partition coefficient (Wildman–Crippen LogP) is 3.19. The molecule has 0 aliphatic carbocycles. The molecule has 4 heterocycles. The SMILES string of the molecule is Cc1nc(C2CCN(C(=O)[C@@H]3CCCO3)CC2)nc2c1CC(=O)N2CCCc1ccccc1. The van der Waals surface area contributed by atoms with E-state index in [1.165, 1.54) is 5.56 Å². The zero-order valence-corrected chi connectivity index (χ0v) is 19.3. The average Bonchev–Trinajstić information content (AvgIpc) is 3.48. The van der Waals surface area contributed by atoms with Crippen molar-refractivity contribution in [1.29, 1.82) is 0 Å². The Balaban J connectivity index is 1.24. The van der Waals surface area contributed by atoms with Crippen molar-refractivity contribution in [3.8, 4) is 0 Å². The number of amides is 2. The molecule has 2 saturated heterocycles. The Kier molecular flexibility index (Phi) is 6.40. The lowest BCUT2D eigenvalue weighted by Crippen LogP contribution is -2.43. The minimum atomic E-state index is -0.254. The molecule has 5 rings (SSSR count). The monoisotopic (exact) mass is 448 g/mol. The molecule has 7 heteroatoms. The fraction of sp³-hybridized carbons (Fsp3) is 0.538. The third-order valence-electron chi connectivity index (χ3n) is 7.16. The van der Waals surface area contributed by atoms with Gasteiger partial charge in [-0.3, -0.25) is 14.5 Å². The summed E-state index contributed by atoms with van der Waals surface area (Å²) in [6.45, 7) is 4.77. The van der Waals surface area contributed by atoms with E-state index in [9.17, 15) is 9.59 Å². The van der Waals surface area contributed by atoms with E-state index in [0.717, 1.165) is 61.4 Å². The van der Waals surface area contributed by atoms with Crippen LogP contribution in [-0.4, -0.2) is 59.0 Å². The second kappa shape index (κ2) is 9.59. The van der Waals surface area contributed by atoms with Crippen LogP contribution in [0.2, 0.25) is 0 Å². The molecule has 2 amide bonds. The molecule has 0 saturated carbocycles. The molecule has 0 unspecified atom stereocenters. The van der Waals surface area contributed by atoms with Gasteiger partial charge in [0, 0.05) is 43.4 Å². The first-order chi connectivity index (χ1) is 16.1. The summed E-state index contributed by atoms with van der Waals surface area (Å²) in [6, 6.07) is 10.4. The molecule has 33 heavy (non-hydrogen) atoms. The number of piperidine rings is 1. The molecule has 0 spiro atoms. The van der Waals surface area contributed by atoms with Crippen molar-refractivity contribution in [2.75, 3.05) is 31.1 Å². The first-order valence-electron chi connectivity index (χ1n) is 12.2. The lowest BCUT2D eigenvalue weighted by atomic mass is 9.95. The molecule has 3 aliphatic heterocycles. The smallest absolute Gasteiger partial charge is 0.251 e. The van der Waals surface area contributed by atoms with Gasteiger partial charge in [-0.25, -0.2) is 9.97 Å². The molecular formula is C26H32N4O3. The molecule has 1 atom stereocenters.